The number of carbonyl (C=O) groups is 1. The number of rotatable bonds is 6. The fourth-order valence-electron chi connectivity index (χ4n) is 1.59. The molecule has 106 valence electrons. The zero-order valence-electron chi connectivity index (χ0n) is 11.7. The molecule has 0 spiro atoms. The maximum Gasteiger partial charge on any atom is 0.325 e. The number of carbonyl (C=O) groups excluding carboxylic acids is 1. The fraction of sp³-hybridized carbons (Fsp3) is 0.500. The Kier molecular flexibility index (Phi) is 5.30. The second-order valence-electron chi connectivity index (χ2n) is 4.66. The standard InChI is InChI=1S/C14H20FNO3/c1-5-19-13(17)14(2,3)16-9-10-8-11(15)6-7-12(10)18-4/h6-8,16H,5,9H2,1-4H3. The second kappa shape index (κ2) is 6.52. The third-order valence-corrected chi connectivity index (χ3v) is 2.75. The molecule has 0 aromatic heterocycles. The molecule has 0 aliphatic rings. The van der Waals surface area contributed by atoms with E-state index in [1.807, 2.05) is 0 Å². The van der Waals surface area contributed by atoms with Crippen molar-refractivity contribution in [1.82, 2.24) is 5.32 Å². The molecule has 5 heteroatoms. The number of methoxy groups -OCH3 is 1. The van der Waals surface area contributed by atoms with E-state index in [0.29, 0.717) is 24.5 Å². The van der Waals surface area contributed by atoms with Gasteiger partial charge in [-0.1, -0.05) is 0 Å². The number of ether oxygens (including phenoxy) is 2. The summed E-state index contributed by atoms with van der Waals surface area (Å²) in [5.74, 6) is -0.106. The summed E-state index contributed by atoms with van der Waals surface area (Å²) < 4.78 is 23.3. The molecule has 1 aromatic carbocycles. The van der Waals surface area contributed by atoms with Crippen LogP contribution in [-0.2, 0) is 16.1 Å². The quantitative estimate of drug-likeness (QED) is 0.805. The van der Waals surface area contributed by atoms with Gasteiger partial charge in [-0.05, 0) is 39.0 Å². The number of hydrogen-bond acceptors (Lipinski definition) is 4. The van der Waals surface area contributed by atoms with E-state index in [2.05, 4.69) is 5.32 Å². The van der Waals surface area contributed by atoms with Crippen LogP contribution in [0.2, 0.25) is 0 Å². The predicted molar refractivity (Wildman–Crippen MR) is 70.5 cm³/mol. The average Bonchev–Trinajstić information content (AvgIpc) is 2.37. The minimum absolute atomic E-state index is 0.312. The Hall–Kier alpha value is -1.62. The molecular weight excluding hydrogens is 249 g/mol. The number of nitrogens with one attached hydrogen (secondary N) is 1. The number of hydrogen-bond donors (Lipinski definition) is 1. The van der Waals surface area contributed by atoms with E-state index in [-0.39, 0.29) is 11.8 Å². The minimum Gasteiger partial charge on any atom is -0.496 e. The van der Waals surface area contributed by atoms with Crippen LogP contribution in [0, 0.1) is 5.82 Å². The van der Waals surface area contributed by atoms with Crippen LogP contribution < -0.4 is 10.1 Å². The van der Waals surface area contributed by atoms with Gasteiger partial charge in [0.05, 0.1) is 13.7 Å². The lowest BCUT2D eigenvalue weighted by Gasteiger charge is -2.24. The van der Waals surface area contributed by atoms with Gasteiger partial charge < -0.3 is 9.47 Å². The molecule has 0 aliphatic carbocycles. The number of halogens is 1. The Balaban J connectivity index is 2.75. The van der Waals surface area contributed by atoms with Gasteiger partial charge in [0, 0.05) is 12.1 Å². The number of benzene rings is 1. The Labute approximate surface area is 112 Å². The Morgan fingerprint density at radius 2 is 2.11 bits per heavy atom. The van der Waals surface area contributed by atoms with Gasteiger partial charge in [0.1, 0.15) is 17.1 Å². The normalized spacial score (nSPS) is 11.2. The van der Waals surface area contributed by atoms with Crippen LogP contribution in [0.15, 0.2) is 18.2 Å². The van der Waals surface area contributed by atoms with E-state index in [1.54, 1.807) is 26.8 Å². The number of esters is 1. The van der Waals surface area contributed by atoms with Crippen LogP contribution in [0.3, 0.4) is 0 Å². The van der Waals surface area contributed by atoms with Crippen LogP contribution in [0.5, 0.6) is 5.75 Å². The highest BCUT2D eigenvalue weighted by Gasteiger charge is 2.28. The molecule has 0 saturated heterocycles. The SMILES string of the molecule is CCOC(=O)C(C)(C)NCc1cc(F)ccc1OC. The van der Waals surface area contributed by atoms with Crippen molar-refractivity contribution in [2.45, 2.75) is 32.9 Å². The van der Waals surface area contributed by atoms with Gasteiger partial charge in [0.15, 0.2) is 0 Å². The topological polar surface area (TPSA) is 47.6 Å². The van der Waals surface area contributed by atoms with Crippen molar-refractivity contribution in [3.8, 4) is 5.75 Å². The summed E-state index contributed by atoms with van der Waals surface area (Å²) in [5, 5.41) is 3.04. The van der Waals surface area contributed by atoms with E-state index >= 15 is 0 Å². The fourth-order valence-corrected chi connectivity index (χ4v) is 1.59. The maximum atomic E-state index is 13.2. The molecule has 4 nitrogen and oxygen atoms in total. The molecule has 0 radical (unpaired) electrons. The molecule has 0 atom stereocenters. The zero-order chi connectivity index (χ0) is 14.5. The van der Waals surface area contributed by atoms with Crippen molar-refractivity contribution in [3.63, 3.8) is 0 Å². The second-order valence-corrected chi connectivity index (χ2v) is 4.66. The van der Waals surface area contributed by atoms with Crippen molar-refractivity contribution >= 4 is 5.97 Å². The molecule has 0 unspecified atom stereocenters. The largest absolute Gasteiger partial charge is 0.496 e. The van der Waals surface area contributed by atoms with Crippen molar-refractivity contribution < 1.29 is 18.7 Å². The summed E-state index contributed by atoms with van der Waals surface area (Å²) in [6.45, 7) is 5.83. The molecule has 0 bridgehead atoms. The highest BCUT2D eigenvalue weighted by atomic mass is 19.1. The summed E-state index contributed by atoms with van der Waals surface area (Å²) in [6.07, 6.45) is 0. The minimum atomic E-state index is -0.840. The van der Waals surface area contributed by atoms with Gasteiger partial charge in [-0.25, -0.2) is 4.39 Å². The average molecular weight is 269 g/mol. The summed E-state index contributed by atoms with van der Waals surface area (Å²) in [5.41, 5.74) is -0.187. The lowest BCUT2D eigenvalue weighted by Crippen LogP contribution is -2.47. The van der Waals surface area contributed by atoms with Crippen molar-refractivity contribution in [2.75, 3.05) is 13.7 Å². The Morgan fingerprint density at radius 1 is 1.42 bits per heavy atom. The van der Waals surface area contributed by atoms with Crippen LogP contribution in [0.25, 0.3) is 0 Å². The first-order valence-electron chi connectivity index (χ1n) is 6.15. The highest BCUT2D eigenvalue weighted by molar-refractivity contribution is 5.79. The lowest BCUT2D eigenvalue weighted by molar-refractivity contribution is -0.149. The molecule has 0 saturated carbocycles. The monoisotopic (exact) mass is 269 g/mol. The van der Waals surface area contributed by atoms with Gasteiger partial charge in [0.2, 0.25) is 0 Å². The molecule has 1 aromatic rings. The van der Waals surface area contributed by atoms with Crippen LogP contribution in [0.4, 0.5) is 4.39 Å². The van der Waals surface area contributed by atoms with Gasteiger partial charge in [0.25, 0.3) is 0 Å². The molecule has 1 rings (SSSR count). The molecule has 0 amide bonds. The van der Waals surface area contributed by atoms with E-state index in [9.17, 15) is 9.18 Å². The van der Waals surface area contributed by atoms with E-state index < -0.39 is 5.54 Å². The van der Waals surface area contributed by atoms with Gasteiger partial charge >= 0.3 is 5.97 Å². The van der Waals surface area contributed by atoms with Crippen molar-refractivity contribution in [3.05, 3.63) is 29.6 Å². The van der Waals surface area contributed by atoms with Gasteiger partial charge in [-0.15, -0.1) is 0 Å². The molecule has 0 heterocycles. The van der Waals surface area contributed by atoms with Crippen LogP contribution in [-0.4, -0.2) is 25.2 Å². The van der Waals surface area contributed by atoms with Gasteiger partial charge in [-0.2, -0.15) is 0 Å². The summed E-state index contributed by atoms with van der Waals surface area (Å²) in [4.78, 5) is 11.7. The summed E-state index contributed by atoms with van der Waals surface area (Å²) >= 11 is 0. The van der Waals surface area contributed by atoms with Crippen LogP contribution >= 0.6 is 0 Å². The first kappa shape index (κ1) is 15.4. The lowest BCUT2D eigenvalue weighted by atomic mass is 10.1. The maximum absolute atomic E-state index is 13.2. The van der Waals surface area contributed by atoms with Crippen molar-refractivity contribution in [1.29, 1.82) is 0 Å². The Morgan fingerprint density at radius 3 is 2.68 bits per heavy atom. The van der Waals surface area contributed by atoms with E-state index in [1.165, 1.54) is 19.2 Å². The summed E-state index contributed by atoms with van der Waals surface area (Å²) in [6, 6.07) is 4.27. The van der Waals surface area contributed by atoms with Gasteiger partial charge in [-0.3, -0.25) is 10.1 Å². The smallest absolute Gasteiger partial charge is 0.325 e. The first-order chi connectivity index (χ1) is 8.90. The predicted octanol–water partition coefficient (Wildman–Crippen LogP) is 2.27. The van der Waals surface area contributed by atoms with Crippen molar-refractivity contribution in [2.24, 2.45) is 0 Å². The Bertz CT molecular complexity index is 446. The van der Waals surface area contributed by atoms with E-state index in [4.69, 9.17) is 9.47 Å². The third kappa shape index (κ3) is 4.21. The zero-order valence-corrected chi connectivity index (χ0v) is 11.7. The molecule has 19 heavy (non-hydrogen) atoms. The molecule has 0 aliphatic heterocycles. The molecule has 0 fully saturated rings. The highest BCUT2D eigenvalue weighted by Crippen LogP contribution is 2.20. The first-order valence-corrected chi connectivity index (χ1v) is 6.15. The summed E-state index contributed by atoms with van der Waals surface area (Å²) in [7, 11) is 1.52. The van der Waals surface area contributed by atoms with Crippen LogP contribution in [0.1, 0.15) is 26.3 Å². The molecular formula is C14H20FNO3. The molecule has 1 N–H and O–H groups in total. The van der Waals surface area contributed by atoms with E-state index in [0.717, 1.165) is 0 Å². The third-order valence-electron chi connectivity index (χ3n) is 2.75.